The minimum Gasteiger partial charge on any atom is -0.348 e. The molecule has 1 amide bonds. The number of hydrogen-bond acceptors (Lipinski definition) is 6. The van der Waals surface area contributed by atoms with E-state index in [1.54, 1.807) is 11.3 Å². The van der Waals surface area contributed by atoms with Gasteiger partial charge in [0.25, 0.3) is 5.91 Å². The van der Waals surface area contributed by atoms with Gasteiger partial charge in [-0.15, -0.1) is 11.3 Å². The third kappa shape index (κ3) is 3.75. The highest BCUT2D eigenvalue weighted by Crippen LogP contribution is 2.16. The largest absolute Gasteiger partial charge is 0.348 e. The van der Waals surface area contributed by atoms with E-state index in [1.165, 1.54) is 22.1 Å². The molecule has 1 unspecified atom stereocenters. The van der Waals surface area contributed by atoms with Crippen LogP contribution in [0.5, 0.6) is 0 Å². The van der Waals surface area contributed by atoms with Gasteiger partial charge in [0.2, 0.25) is 0 Å². The molecule has 0 radical (unpaired) electrons. The SMILES string of the molecule is Cc1ccc(CC(C)NC(=O)c2cnc(NN)cn2)s1. The second-order valence-corrected chi connectivity index (χ2v) is 5.89. The second-order valence-electron chi connectivity index (χ2n) is 4.52. The molecule has 2 heterocycles. The van der Waals surface area contributed by atoms with Crippen molar-refractivity contribution in [2.75, 3.05) is 5.43 Å². The van der Waals surface area contributed by atoms with Crippen LogP contribution < -0.4 is 16.6 Å². The minimum absolute atomic E-state index is 0.0367. The number of thiophene rings is 1. The maximum absolute atomic E-state index is 12.0. The number of aryl methyl sites for hydroxylation is 1. The minimum atomic E-state index is -0.234. The number of nitrogens with two attached hydrogens (primary N) is 1. The molecule has 2 rings (SSSR count). The van der Waals surface area contributed by atoms with Crippen LogP contribution in [0.4, 0.5) is 5.82 Å². The number of aromatic nitrogens is 2. The van der Waals surface area contributed by atoms with E-state index < -0.39 is 0 Å². The first-order chi connectivity index (χ1) is 9.58. The molecule has 0 saturated heterocycles. The number of nitrogen functional groups attached to an aromatic ring is 1. The molecule has 106 valence electrons. The number of rotatable bonds is 5. The van der Waals surface area contributed by atoms with Crippen LogP contribution in [0.15, 0.2) is 24.5 Å². The molecule has 0 fully saturated rings. The monoisotopic (exact) mass is 291 g/mol. The lowest BCUT2D eigenvalue weighted by molar-refractivity contribution is 0.0935. The summed E-state index contributed by atoms with van der Waals surface area (Å²) >= 11 is 1.74. The predicted octanol–water partition coefficient (Wildman–Crippen LogP) is 1.49. The lowest BCUT2D eigenvalue weighted by Crippen LogP contribution is -2.34. The molecule has 2 aromatic heterocycles. The van der Waals surface area contributed by atoms with Gasteiger partial charge in [-0.1, -0.05) is 0 Å². The molecule has 20 heavy (non-hydrogen) atoms. The fourth-order valence-corrected chi connectivity index (χ4v) is 2.78. The Morgan fingerprint density at radius 1 is 1.40 bits per heavy atom. The Bertz CT molecular complexity index is 581. The molecule has 2 aromatic rings. The lowest BCUT2D eigenvalue weighted by Gasteiger charge is -2.12. The van der Waals surface area contributed by atoms with Gasteiger partial charge in [0.15, 0.2) is 5.82 Å². The van der Waals surface area contributed by atoms with E-state index in [0.29, 0.717) is 5.82 Å². The first-order valence-corrected chi connectivity index (χ1v) is 7.05. The molecule has 4 N–H and O–H groups in total. The summed E-state index contributed by atoms with van der Waals surface area (Å²) in [5.41, 5.74) is 2.64. The highest BCUT2D eigenvalue weighted by molar-refractivity contribution is 7.11. The number of hydrazine groups is 1. The van der Waals surface area contributed by atoms with Crippen molar-refractivity contribution < 1.29 is 4.79 Å². The molecular weight excluding hydrogens is 274 g/mol. The lowest BCUT2D eigenvalue weighted by atomic mass is 10.2. The van der Waals surface area contributed by atoms with Crippen LogP contribution in [-0.2, 0) is 6.42 Å². The topological polar surface area (TPSA) is 92.9 Å². The Balaban J connectivity index is 1.92. The summed E-state index contributed by atoms with van der Waals surface area (Å²) in [6, 6.07) is 4.21. The molecule has 0 aromatic carbocycles. The van der Waals surface area contributed by atoms with Crippen LogP contribution in [0.2, 0.25) is 0 Å². The normalized spacial score (nSPS) is 11.9. The van der Waals surface area contributed by atoms with Crippen molar-refractivity contribution >= 4 is 23.1 Å². The van der Waals surface area contributed by atoms with Gasteiger partial charge in [-0.3, -0.25) is 4.79 Å². The number of amides is 1. The van der Waals surface area contributed by atoms with E-state index in [2.05, 4.69) is 39.8 Å². The van der Waals surface area contributed by atoms with E-state index in [9.17, 15) is 4.79 Å². The van der Waals surface area contributed by atoms with E-state index in [4.69, 9.17) is 5.84 Å². The van der Waals surface area contributed by atoms with E-state index >= 15 is 0 Å². The zero-order chi connectivity index (χ0) is 14.5. The summed E-state index contributed by atoms with van der Waals surface area (Å²) < 4.78 is 0. The third-order valence-electron chi connectivity index (χ3n) is 2.71. The molecule has 0 bridgehead atoms. The zero-order valence-corrected chi connectivity index (χ0v) is 12.2. The molecule has 0 aliphatic heterocycles. The van der Waals surface area contributed by atoms with Crippen molar-refractivity contribution in [3.63, 3.8) is 0 Å². The van der Waals surface area contributed by atoms with Gasteiger partial charge in [0.1, 0.15) is 5.69 Å². The third-order valence-corrected chi connectivity index (χ3v) is 3.74. The van der Waals surface area contributed by atoms with E-state index in [1.807, 2.05) is 6.92 Å². The molecule has 6 nitrogen and oxygen atoms in total. The van der Waals surface area contributed by atoms with Gasteiger partial charge in [-0.05, 0) is 26.0 Å². The average molecular weight is 291 g/mol. The van der Waals surface area contributed by atoms with Crippen LogP contribution in [0, 0.1) is 6.92 Å². The molecule has 0 aliphatic carbocycles. The van der Waals surface area contributed by atoms with Gasteiger partial charge >= 0.3 is 0 Å². The number of nitrogens with one attached hydrogen (secondary N) is 2. The number of nitrogens with zero attached hydrogens (tertiary/aromatic N) is 2. The Morgan fingerprint density at radius 3 is 2.75 bits per heavy atom. The highest BCUT2D eigenvalue weighted by atomic mass is 32.1. The van der Waals surface area contributed by atoms with Crippen molar-refractivity contribution in [1.82, 2.24) is 15.3 Å². The van der Waals surface area contributed by atoms with E-state index in [-0.39, 0.29) is 17.6 Å². The molecule has 0 aliphatic rings. The molecular formula is C13H17N5OS. The van der Waals surface area contributed by atoms with Gasteiger partial charge in [0.05, 0.1) is 12.4 Å². The molecule has 0 saturated carbocycles. The van der Waals surface area contributed by atoms with Gasteiger partial charge in [0, 0.05) is 22.2 Å². The van der Waals surface area contributed by atoms with Crippen molar-refractivity contribution in [3.8, 4) is 0 Å². The van der Waals surface area contributed by atoms with Gasteiger partial charge < -0.3 is 10.7 Å². The highest BCUT2D eigenvalue weighted by Gasteiger charge is 2.12. The maximum Gasteiger partial charge on any atom is 0.271 e. The zero-order valence-electron chi connectivity index (χ0n) is 11.4. The van der Waals surface area contributed by atoms with Gasteiger partial charge in [-0.2, -0.15) is 0 Å². The Morgan fingerprint density at radius 2 is 2.20 bits per heavy atom. The number of anilines is 1. The Kier molecular flexibility index (Phi) is 4.65. The van der Waals surface area contributed by atoms with Crippen molar-refractivity contribution in [3.05, 3.63) is 40.0 Å². The standard InChI is InChI=1S/C13H17N5OS/c1-8(5-10-4-3-9(2)20-10)17-13(19)11-6-16-12(18-14)7-15-11/h3-4,6-8H,5,14H2,1-2H3,(H,16,18)(H,17,19). The summed E-state index contributed by atoms with van der Waals surface area (Å²) in [5.74, 6) is 5.38. The van der Waals surface area contributed by atoms with Gasteiger partial charge in [-0.25, -0.2) is 15.8 Å². The first-order valence-electron chi connectivity index (χ1n) is 6.23. The smallest absolute Gasteiger partial charge is 0.271 e. The summed E-state index contributed by atoms with van der Waals surface area (Å²) in [6.07, 6.45) is 3.62. The van der Waals surface area contributed by atoms with Crippen LogP contribution in [0.25, 0.3) is 0 Å². The van der Waals surface area contributed by atoms with Crippen LogP contribution in [0.1, 0.15) is 27.2 Å². The summed E-state index contributed by atoms with van der Waals surface area (Å²) in [4.78, 5) is 22.5. The molecule has 7 heteroatoms. The molecule has 1 atom stereocenters. The number of carbonyl (C=O) groups is 1. The fraction of sp³-hybridized carbons (Fsp3) is 0.308. The average Bonchev–Trinajstić information content (AvgIpc) is 2.84. The van der Waals surface area contributed by atoms with Crippen molar-refractivity contribution in [2.24, 2.45) is 5.84 Å². The fourth-order valence-electron chi connectivity index (χ4n) is 1.77. The summed E-state index contributed by atoms with van der Waals surface area (Å²) in [6.45, 7) is 4.04. The van der Waals surface area contributed by atoms with Crippen LogP contribution >= 0.6 is 11.3 Å². The summed E-state index contributed by atoms with van der Waals surface area (Å²) in [5, 5.41) is 2.90. The quantitative estimate of drug-likeness (QED) is 0.573. The van der Waals surface area contributed by atoms with E-state index in [0.717, 1.165) is 6.42 Å². The van der Waals surface area contributed by atoms with Crippen molar-refractivity contribution in [2.45, 2.75) is 26.3 Å². The second kappa shape index (κ2) is 6.44. The summed E-state index contributed by atoms with van der Waals surface area (Å²) in [7, 11) is 0. The molecule has 0 spiro atoms. The number of hydrogen-bond donors (Lipinski definition) is 3. The van der Waals surface area contributed by atoms with Crippen LogP contribution in [-0.4, -0.2) is 21.9 Å². The van der Waals surface area contributed by atoms with Crippen LogP contribution in [0.3, 0.4) is 0 Å². The van der Waals surface area contributed by atoms with Crippen molar-refractivity contribution in [1.29, 1.82) is 0 Å². The maximum atomic E-state index is 12.0. The predicted molar refractivity (Wildman–Crippen MR) is 79.5 cm³/mol. The Hall–Kier alpha value is -1.99. The number of carbonyl (C=O) groups excluding carboxylic acids is 1. The first kappa shape index (κ1) is 14.4. The Labute approximate surface area is 121 Å².